The van der Waals surface area contributed by atoms with Gasteiger partial charge in [0.15, 0.2) is 0 Å². The van der Waals surface area contributed by atoms with Crippen LogP contribution in [0.3, 0.4) is 0 Å². The standard InChI is InChI=1S/C51H39N2O.C13H15N4.Ir/c1-31(2)42-28-38(35-23-21-34(22-24-35)33-13-6-5-7-14-33)29-43(32(3)4)49(42)53-47-20-11-10-19-46(47)52-51(53)41-18-12-17-40-45-27-37-26-25-36-15-8-9-16-39(36)44(37)30-48(45)54-50(40)41;1-9-15-7-10(8-16-9)12-14-6-5-11(17-12)13(2,3)4;/h5-17,19-32H,1-4H3;5-7H,1-4H3;/q2*-1;/i;1D3;. The summed E-state index contributed by atoms with van der Waals surface area (Å²) < 4.78 is 30.9. The zero-order valence-electron chi connectivity index (χ0n) is 44.2. The van der Waals surface area contributed by atoms with Gasteiger partial charge in [0, 0.05) is 58.4 Å². The number of hydrogen-bond donors (Lipinski definition) is 0. The van der Waals surface area contributed by atoms with Crippen LogP contribution in [0, 0.1) is 19.1 Å². The second-order valence-electron chi connectivity index (χ2n) is 19.8. The van der Waals surface area contributed by atoms with Gasteiger partial charge >= 0.3 is 0 Å². The first-order valence-corrected chi connectivity index (χ1v) is 24.2. The SMILES string of the molecule is CC(C)c1cc(-c2ccc(-c3ccccc3)cc2)cc(C(C)C)c1-n1c(-c2[c-]ccc3c2oc2cc4c(ccc5ccccc54)cc23)nc2ccccc21.[2H]C([2H])([2H])c1n[c-]c(-c2nccc(C(C)(C)C)n2)cn1.[Ir]. The molecule has 0 atom stereocenters. The number of rotatable bonds is 7. The molecule has 12 aromatic rings. The number of hydrogen-bond acceptors (Lipinski definition) is 6. The van der Waals surface area contributed by atoms with Crippen molar-refractivity contribution in [1.82, 2.24) is 29.5 Å². The number of nitrogens with zero attached hydrogens (tertiary/aromatic N) is 6. The third kappa shape index (κ3) is 9.02. The van der Waals surface area contributed by atoms with Gasteiger partial charge in [-0.3, -0.25) is 15.0 Å². The molecule has 8 heteroatoms. The van der Waals surface area contributed by atoms with E-state index in [-0.39, 0.29) is 43.2 Å². The smallest absolute Gasteiger partial charge is 0.121 e. The van der Waals surface area contributed by atoms with Gasteiger partial charge in [-0.2, -0.15) is 0 Å². The Balaban J connectivity index is 0.000000258. The van der Waals surface area contributed by atoms with Crippen molar-refractivity contribution in [2.24, 2.45) is 0 Å². The molecule has 357 valence electrons. The average molecular weight is 1120 g/mol. The Labute approximate surface area is 438 Å². The van der Waals surface area contributed by atoms with E-state index in [1.54, 1.807) is 6.20 Å². The molecule has 0 bridgehead atoms. The molecule has 0 aliphatic carbocycles. The summed E-state index contributed by atoms with van der Waals surface area (Å²) in [6.07, 6.45) is 5.69. The summed E-state index contributed by atoms with van der Waals surface area (Å²) in [6, 6.07) is 59.9. The van der Waals surface area contributed by atoms with E-state index in [9.17, 15) is 0 Å². The molecule has 4 aromatic heterocycles. The Morgan fingerprint density at radius 2 is 1.31 bits per heavy atom. The van der Waals surface area contributed by atoms with Crippen LogP contribution in [-0.2, 0) is 25.5 Å². The van der Waals surface area contributed by atoms with Crippen molar-refractivity contribution in [3.63, 3.8) is 0 Å². The molecule has 0 amide bonds. The largest absolute Gasteiger partial charge is 0.501 e. The van der Waals surface area contributed by atoms with Gasteiger partial charge in [-0.15, -0.1) is 18.2 Å². The van der Waals surface area contributed by atoms with Gasteiger partial charge in [-0.25, -0.2) is 0 Å². The van der Waals surface area contributed by atoms with Crippen molar-refractivity contribution in [3.05, 3.63) is 205 Å². The quantitative estimate of drug-likeness (QED) is 0.117. The Morgan fingerprint density at radius 3 is 2.01 bits per heavy atom. The van der Waals surface area contributed by atoms with Crippen molar-refractivity contribution < 1.29 is 28.6 Å². The van der Waals surface area contributed by atoms with Crippen LogP contribution in [0.2, 0.25) is 0 Å². The first-order valence-electron chi connectivity index (χ1n) is 25.7. The number of benzene rings is 8. The molecule has 4 heterocycles. The monoisotopic (exact) mass is 1120 g/mol. The Kier molecular flexibility index (Phi) is 12.0. The number of furan rings is 1. The molecular formula is C64H54IrN6O-2. The Morgan fingerprint density at radius 1 is 0.625 bits per heavy atom. The van der Waals surface area contributed by atoms with Crippen LogP contribution >= 0.6 is 0 Å². The predicted octanol–water partition coefficient (Wildman–Crippen LogP) is 16.6. The summed E-state index contributed by atoms with van der Waals surface area (Å²) in [4.78, 5) is 21.5. The summed E-state index contributed by atoms with van der Waals surface area (Å²) in [5, 5.41) is 7.00. The second-order valence-corrected chi connectivity index (χ2v) is 19.8. The van der Waals surface area contributed by atoms with Crippen molar-refractivity contribution >= 4 is 54.5 Å². The third-order valence-electron chi connectivity index (χ3n) is 13.3. The predicted molar refractivity (Wildman–Crippen MR) is 292 cm³/mol. The van der Waals surface area contributed by atoms with Crippen LogP contribution in [0.15, 0.2) is 175 Å². The Hall–Kier alpha value is -7.64. The second kappa shape index (κ2) is 19.5. The van der Waals surface area contributed by atoms with Crippen LogP contribution in [0.25, 0.3) is 105 Å². The fraction of sp³-hybridized carbons (Fsp3) is 0.172. The summed E-state index contributed by atoms with van der Waals surface area (Å²) in [5.41, 5.74) is 14.4. The molecule has 0 unspecified atom stereocenters. The molecule has 0 spiro atoms. The van der Waals surface area contributed by atoms with Gasteiger partial charge in [0.25, 0.3) is 0 Å². The first-order chi connectivity index (χ1) is 35.6. The van der Waals surface area contributed by atoms with Gasteiger partial charge in [0.05, 0.1) is 28.3 Å². The molecule has 1 radical (unpaired) electrons. The van der Waals surface area contributed by atoms with E-state index in [2.05, 4.69) is 231 Å². The van der Waals surface area contributed by atoms with Crippen LogP contribution in [0.1, 0.15) is 87.1 Å². The molecule has 0 saturated carbocycles. The molecule has 0 N–H and O–H groups in total. The van der Waals surface area contributed by atoms with Gasteiger partial charge < -0.3 is 19.0 Å². The molecule has 12 rings (SSSR count). The zero-order valence-corrected chi connectivity index (χ0v) is 43.6. The van der Waals surface area contributed by atoms with Gasteiger partial charge in [-0.05, 0) is 122 Å². The van der Waals surface area contributed by atoms with Gasteiger partial charge in [-0.1, -0.05) is 174 Å². The number of para-hydroxylation sites is 2. The minimum atomic E-state index is -2.33. The van der Waals surface area contributed by atoms with Crippen LogP contribution < -0.4 is 0 Å². The van der Waals surface area contributed by atoms with E-state index in [0.717, 1.165) is 50.1 Å². The topological polar surface area (TPSA) is 82.5 Å². The van der Waals surface area contributed by atoms with Gasteiger partial charge in [0.1, 0.15) is 5.58 Å². The maximum absolute atomic E-state index is 7.22. The zero-order chi connectivity index (χ0) is 51.5. The number of aromatic nitrogens is 6. The number of fused-ring (bicyclic) bond motifs is 7. The summed E-state index contributed by atoms with van der Waals surface area (Å²) in [6.45, 7) is 13.0. The van der Waals surface area contributed by atoms with Crippen molar-refractivity contribution in [2.45, 2.75) is 72.6 Å². The summed E-state index contributed by atoms with van der Waals surface area (Å²) in [5.74, 6) is 1.55. The van der Waals surface area contributed by atoms with Crippen molar-refractivity contribution in [3.8, 4) is 50.7 Å². The van der Waals surface area contributed by atoms with Crippen LogP contribution in [0.4, 0.5) is 0 Å². The van der Waals surface area contributed by atoms with E-state index in [1.165, 1.54) is 66.8 Å². The molecule has 8 aromatic carbocycles. The summed E-state index contributed by atoms with van der Waals surface area (Å²) in [7, 11) is 0. The maximum atomic E-state index is 7.22. The molecule has 72 heavy (non-hydrogen) atoms. The molecule has 7 nitrogen and oxygen atoms in total. The maximum Gasteiger partial charge on any atom is 0.121 e. The van der Waals surface area contributed by atoms with E-state index in [1.807, 2.05) is 12.1 Å². The van der Waals surface area contributed by atoms with E-state index in [4.69, 9.17) is 13.5 Å². The fourth-order valence-electron chi connectivity index (χ4n) is 9.61. The van der Waals surface area contributed by atoms with Gasteiger partial charge in [0.2, 0.25) is 0 Å². The molecule has 0 saturated heterocycles. The third-order valence-corrected chi connectivity index (χ3v) is 13.3. The van der Waals surface area contributed by atoms with Crippen LogP contribution in [0.5, 0.6) is 0 Å². The molecule has 0 fully saturated rings. The van der Waals surface area contributed by atoms with Crippen molar-refractivity contribution in [1.29, 1.82) is 0 Å². The molecule has 0 aliphatic heterocycles. The molecular weight excluding hydrogens is 1060 g/mol. The first kappa shape index (κ1) is 44.3. The van der Waals surface area contributed by atoms with E-state index < -0.39 is 6.85 Å². The fourth-order valence-corrected chi connectivity index (χ4v) is 9.61. The number of aryl methyl sites for hydroxylation is 1. The minimum Gasteiger partial charge on any atom is -0.501 e. The summed E-state index contributed by atoms with van der Waals surface area (Å²) >= 11 is 0. The average Bonchev–Trinajstić information content (AvgIpc) is 3.98. The molecule has 0 aliphatic rings. The Bertz CT molecular complexity index is 4020. The minimum absolute atomic E-state index is 0. The van der Waals surface area contributed by atoms with E-state index >= 15 is 0 Å². The number of imidazole rings is 1. The van der Waals surface area contributed by atoms with E-state index in [0.29, 0.717) is 11.4 Å². The normalized spacial score (nSPS) is 12.5. The van der Waals surface area contributed by atoms with Crippen LogP contribution in [-0.4, -0.2) is 29.5 Å². The van der Waals surface area contributed by atoms with Crippen molar-refractivity contribution in [2.75, 3.05) is 0 Å².